The molecule has 0 amide bonds. The van der Waals surface area contributed by atoms with Crippen LogP contribution in [0.3, 0.4) is 0 Å². The molecule has 132 valence electrons. The van der Waals surface area contributed by atoms with Gasteiger partial charge in [0.1, 0.15) is 5.75 Å². The maximum absolute atomic E-state index is 5.33. The molecule has 1 aliphatic heterocycles. The minimum atomic E-state index is 0.770. The molecule has 1 aromatic heterocycles. The van der Waals surface area contributed by atoms with Gasteiger partial charge in [0, 0.05) is 25.0 Å². The number of nitrogens with one attached hydrogen (secondary N) is 1. The van der Waals surface area contributed by atoms with Gasteiger partial charge < -0.3 is 15.0 Å². The molecule has 0 unspecified atom stereocenters. The molecule has 6 heteroatoms. The van der Waals surface area contributed by atoms with Gasteiger partial charge in [-0.15, -0.1) is 11.3 Å². The van der Waals surface area contributed by atoms with E-state index < -0.39 is 0 Å². The third-order valence-electron chi connectivity index (χ3n) is 4.41. The van der Waals surface area contributed by atoms with Crippen molar-refractivity contribution in [2.45, 2.75) is 19.9 Å². The Labute approximate surface area is 153 Å². The van der Waals surface area contributed by atoms with Crippen LogP contribution in [0.2, 0.25) is 0 Å². The molecule has 0 bridgehead atoms. The second-order valence-electron chi connectivity index (χ2n) is 5.92. The third kappa shape index (κ3) is 4.20. The highest BCUT2D eigenvalue weighted by molar-refractivity contribution is 7.09. The highest BCUT2D eigenvalue weighted by Crippen LogP contribution is 2.25. The Morgan fingerprint density at radius 2 is 2.32 bits per heavy atom. The SMILES string of the molecule is CN=C(NCc1scnc1C)N1CC=C(c2cccc(OC)c2)CC1. The Bertz CT molecular complexity index is 781. The van der Waals surface area contributed by atoms with Gasteiger partial charge in [0.05, 0.1) is 24.9 Å². The molecule has 0 fully saturated rings. The first-order valence-corrected chi connectivity index (χ1v) is 9.27. The van der Waals surface area contributed by atoms with Crippen LogP contribution in [-0.4, -0.2) is 43.1 Å². The summed E-state index contributed by atoms with van der Waals surface area (Å²) in [6, 6.07) is 8.26. The number of nitrogens with zero attached hydrogens (tertiary/aromatic N) is 3. The molecule has 2 aromatic rings. The van der Waals surface area contributed by atoms with E-state index in [9.17, 15) is 0 Å². The van der Waals surface area contributed by atoms with Crippen molar-refractivity contribution in [2.24, 2.45) is 4.99 Å². The minimum absolute atomic E-state index is 0.770. The van der Waals surface area contributed by atoms with Gasteiger partial charge in [-0.05, 0) is 36.6 Å². The first kappa shape index (κ1) is 17.5. The normalized spacial score (nSPS) is 15.1. The van der Waals surface area contributed by atoms with Crippen molar-refractivity contribution in [3.63, 3.8) is 0 Å². The summed E-state index contributed by atoms with van der Waals surface area (Å²) in [7, 11) is 3.54. The van der Waals surface area contributed by atoms with E-state index in [4.69, 9.17) is 4.74 Å². The van der Waals surface area contributed by atoms with Crippen molar-refractivity contribution in [1.29, 1.82) is 0 Å². The Morgan fingerprint density at radius 1 is 1.44 bits per heavy atom. The van der Waals surface area contributed by atoms with Crippen molar-refractivity contribution < 1.29 is 4.74 Å². The van der Waals surface area contributed by atoms with Crippen LogP contribution in [0.25, 0.3) is 5.57 Å². The Kier molecular flexibility index (Phi) is 5.71. The maximum atomic E-state index is 5.33. The number of aliphatic imine (C=N–C) groups is 1. The molecule has 2 heterocycles. The molecule has 0 spiro atoms. The van der Waals surface area contributed by atoms with Gasteiger partial charge in [-0.1, -0.05) is 18.2 Å². The molecule has 0 aliphatic carbocycles. The van der Waals surface area contributed by atoms with Crippen LogP contribution in [0.1, 0.15) is 22.6 Å². The number of thiazole rings is 1. The lowest BCUT2D eigenvalue weighted by molar-refractivity contribution is 0.414. The molecule has 5 nitrogen and oxygen atoms in total. The number of ether oxygens (including phenoxy) is 1. The highest BCUT2D eigenvalue weighted by atomic mass is 32.1. The summed E-state index contributed by atoms with van der Waals surface area (Å²) in [4.78, 5) is 12.3. The second-order valence-corrected chi connectivity index (χ2v) is 6.86. The number of methoxy groups -OCH3 is 1. The minimum Gasteiger partial charge on any atom is -0.497 e. The zero-order valence-electron chi connectivity index (χ0n) is 15.0. The third-order valence-corrected chi connectivity index (χ3v) is 5.35. The molecule has 1 aromatic carbocycles. The average molecular weight is 356 g/mol. The van der Waals surface area contributed by atoms with E-state index >= 15 is 0 Å². The van der Waals surface area contributed by atoms with Gasteiger partial charge in [-0.3, -0.25) is 4.99 Å². The van der Waals surface area contributed by atoms with Crippen LogP contribution in [0.15, 0.2) is 40.8 Å². The Hall–Kier alpha value is -2.34. The molecule has 0 saturated carbocycles. The van der Waals surface area contributed by atoms with Gasteiger partial charge in [0.25, 0.3) is 0 Å². The van der Waals surface area contributed by atoms with E-state index in [1.165, 1.54) is 16.0 Å². The van der Waals surface area contributed by atoms with Crippen molar-refractivity contribution >= 4 is 22.9 Å². The number of benzene rings is 1. The fraction of sp³-hybridized carbons (Fsp3) is 0.368. The molecule has 3 rings (SSSR count). The summed E-state index contributed by atoms with van der Waals surface area (Å²) < 4.78 is 5.33. The van der Waals surface area contributed by atoms with Gasteiger partial charge in [-0.25, -0.2) is 4.98 Å². The van der Waals surface area contributed by atoms with Gasteiger partial charge in [0.2, 0.25) is 0 Å². The van der Waals surface area contributed by atoms with Crippen LogP contribution < -0.4 is 10.1 Å². The van der Waals surface area contributed by atoms with Crippen molar-refractivity contribution in [2.75, 3.05) is 27.2 Å². The number of rotatable bonds is 4. The van der Waals surface area contributed by atoms with Crippen molar-refractivity contribution in [1.82, 2.24) is 15.2 Å². The Balaban J connectivity index is 1.63. The molecule has 25 heavy (non-hydrogen) atoms. The molecule has 0 saturated heterocycles. The maximum Gasteiger partial charge on any atom is 0.194 e. The zero-order chi connectivity index (χ0) is 17.6. The van der Waals surface area contributed by atoms with E-state index in [2.05, 4.69) is 38.4 Å². The molecule has 1 aliphatic rings. The smallest absolute Gasteiger partial charge is 0.194 e. The number of aryl methyl sites for hydroxylation is 1. The van der Waals surface area contributed by atoms with Crippen LogP contribution in [0, 0.1) is 6.92 Å². The monoisotopic (exact) mass is 356 g/mol. The first-order valence-electron chi connectivity index (χ1n) is 8.39. The Morgan fingerprint density at radius 3 is 2.96 bits per heavy atom. The van der Waals surface area contributed by atoms with Crippen LogP contribution in [-0.2, 0) is 6.54 Å². The number of hydrogen-bond acceptors (Lipinski definition) is 4. The summed E-state index contributed by atoms with van der Waals surface area (Å²) in [5.74, 6) is 1.84. The zero-order valence-corrected chi connectivity index (χ0v) is 15.8. The standard InChI is InChI=1S/C19H24N4OS/c1-14-18(25-13-22-14)12-21-19(20-2)23-9-7-15(8-10-23)16-5-4-6-17(11-16)24-3/h4-7,11,13H,8-10,12H2,1-3H3,(H,20,21). The first-order chi connectivity index (χ1) is 12.2. The summed E-state index contributed by atoms with van der Waals surface area (Å²) in [5, 5.41) is 3.45. The molecule has 1 N–H and O–H groups in total. The van der Waals surface area contributed by atoms with Crippen LogP contribution in [0.4, 0.5) is 0 Å². The molecule has 0 atom stereocenters. The van der Waals surface area contributed by atoms with Gasteiger partial charge in [0.15, 0.2) is 5.96 Å². The predicted octanol–water partition coefficient (Wildman–Crippen LogP) is 3.32. The van der Waals surface area contributed by atoms with E-state index in [0.717, 1.165) is 43.5 Å². The lowest BCUT2D eigenvalue weighted by Gasteiger charge is -2.29. The lowest BCUT2D eigenvalue weighted by Crippen LogP contribution is -2.43. The van der Waals surface area contributed by atoms with E-state index in [1.54, 1.807) is 18.4 Å². The van der Waals surface area contributed by atoms with Crippen LogP contribution in [0.5, 0.6) is 5.75 Å². The van der Waals surface area contributed by atoms with Crippen LogP contribution >= 0.6 is 11.3 Å². The van der Waals surface area contributed by atoms with Crippen molar-refractivity contribution in [3.05, 3.63) is 52.0 Å². The number of aromatic nitrogens is 1. The summed E-state index contributed by atoms with van der Waals surface area (Å²) >= 11 is 1.68. The lowest BCUT2D eigenvalue weighted by atomic mass is 9.99. The number of hydrogen-bond donors (Lipinski definition) is 1. The second kappa shape index (κ2) is 8.16. The molecule has 0 radical (unpaired) electrons. The topological polar surface area (TPSA) is 49.8 Å². The van der Waals surface area contributed by atoms with E-state index in [1.807, 2.05) is 31.6 Å². The fourth-order valence-corrected chi connectivity index (χ4v) is 3.65. The fourth-order valence-electron chi connectivity index (χ4n) is 2.93. The largest absolute Gasteiger partial charge is 0.497 e. The van der Waals surface area contributed by atoms with Gasteiger partial charge in [-0.2, -0.15) is 0 Å². The average Bonchev–Trinajstić information content (AvgIpc) is 3.08. The highest BCUT2D eigenvalue weighted by Gasteiger charge is 2.16. The van der Waals surface area contributed by atoms with E-state index in [0.29, 0.717) is 0 Å². The number of guanidine groups is 1. The summed E-state index contributed by atoms with van der Waals surface area (Å²) in [5.41, 5.74) is 5.58. The predicted molar refractivity (Wildman–Crippen MR) is 104 cm³/mol. The van der Waals surface area contributed by atoms with Crippen molar-refractivity contribution in [3.8, 4) is 5.75 Å². The summed E-state index contributed by atoms with van der Waals surface area (Å²) in [6.07, 6.45) is 3.27. The molecular weight excluding hydrogens is 332 g/mol. The molecular formula is C19H24N4OS. The van der Waals surface area contributed by atoms with Gasteiger partial charge >= 0.3 is 0 Å². The van der Waals surface area contributed by atoms with E-state index in [-0.39, 0.29) is 0 Å². The summed E-state index contributed by atoms with van der Waals surface area (Å²) in [6.45, 7) is 4.62. The quantitative estimate of drug-likeness (QED) is 0.674.